The zero-order valence-corrected chi connectivity index (χ0v) is 14.9. The van der Waals surface area contributed by atoms with E-state index in [1.165, 1.54) is 11.3 Å². The normalized spacial score (nSPS) is 17.4. The Morgan fingerprint density at radius 1 is 1.35 bits per heavy atom. The quantitative estimate of drug-likeness (QED) is 0.918. The van der Waals surface area contributed by atoms with Crippen molar-refractivity contribution in [3.63, 3.8) is 0 Å². The van der Waals surface area contributed by atoms with Gasteiger partial charge >= 0.3 is 0 Å². The highest BCUT2D eigenvalue weighted by Crippen LogP contribution is 2.35. The van der Waals surface area contributed by atoms with Crippen LogP contribution < -0.4 is 14.2 Å². The van der Waals surface area contributed by atoms with Crippen molar-refractivity contribution in [1.29, 1.82) is 0 Å². The predicted octanol–water partition coefficient (Wildman–Crippen LogP) is 2.66. The van der Waals surface area contributed by atoms with E-state index in [0.717, 1.165) is 15.3 Å². The fraction of sp³-hybridized carbons (Fsp3) is 0.375. The Labute approximate surface area is 140 Å². The van der Waals surface area contributed by atoms with Crippen LogP contribution in [0.2, 0.25) is 0 Å². The summed E-state index contributed by atoms with van der Waals surface area (Å²) in [6, 6.07) is 7.06. The number of para-hydroxylation sites is 1. The average Bonchev–Trinajstić information content (AvgIpc) is 2.85. The van der Waals surface area contributed by atoms with Gasteiger partial charge in [0.2, 0.25) is 10.0 Å². The lowest BCUT2D eigenvalue weighted by atomic mass is 10.0. The summed E-state index contributed by atoms with van der Waals surface area (Å²) in [4.78, 5) is 2.14. The van der Waals surface area contributed by atoms with Crippen molar-refractivity contribution in [2.45, 2.75) is 31.2 Å². The summed E-state index contributed by atoms with van der Waals surface area (Å²) in [6.45, 7) is 4.02. The summed E-state index contributed by atoms with van der Waals surface area (Å²) in [7, 11) is -1.95. The van der Waals surface area contributed by atoms with Gasteiger partial charge in [0.25, 0.3) is 0 Å². The van der Waals surface area contributed by atoms with Gasteiger partial charge in [-0.2, -0.15) is 0 Å². The number of methoxy groups -OCH3 is 1. The Morgan fingerprint density at radius 2 is 2.13 bits per heavy atom. The maximum absolute atomic E-state index is 12.6. The molecule has 2 heterocycles. The minimum Gasteiger partial charge on any atom is -0.493 e. The summed E-state index contributed by atoms with van der Waals surface area (Å²) in [5.74, 6) is 1.38. The average molecular weight is 353 g/mol. The van der Waals surface area contributed by atoms with Gasteiger partial charge in [0, 0.05) is 9.75 Å². The molecule has 1 aliphatic rings. The Morgan fingerprint density at radius 3 is 2.78 bits per heavy atom. The first-order valence-electron chi connectivity index (χ1n) is 7.29. The zero-order valence-electron chi connectivity index (χ0n) is 13.3. The fourth-order valence-corrected chi connectivity index (χ4v) is 5.56. The number of hydrogen-bond donors (Lipinski definition) is 1. The molecule has 0 unspecified atom stereocenters. The molecule has 3 rings (SSSR count). The van der Waals surface area contributed by atoms with Crippen molar-refractivity contribution in [3.05, 3.63) is 39.6 Å². The topological polar surface area (TPSA) is 64.6 Å². The highest BCUT2D eigenvalue weighted by Gasteiger charge is 2.28. The Bertz CT molecular complexity index is 827. The molecule has 7 heteroatoms. The number of thiophene rings is 1. The fourth-order valence-electron chi connectivity index (χ4n) is 2.79. The van der Waals surface area contributed by atoms with Crippen LogP contribution in [0.15, 0.2) is 29.2 Å². The molecule has 2 aromatic rings. The SMILES string of the molecule is COc1cccc2c1OC[C@H](NS(=O)(=O)c1cc(C)sc1C)C2. The molecular weight excluding hydrogens is 334 g/mol. The number of benzene rings is 1. The van der Waals surface area contributed by atoms with Crippen LogP contribution in [0.25, 0.3) is 0 Å². The highest BCUT2D eigenvalue weighted by atomic mass is 32.2. The van der Waals surface area contributed by atoms with Crippen LogP contribution in [0.1, 0.15) is 15.3 Å². The minimum absolute atomic E-state index is 0.286. The smallest absolute Gasteiger partial charge is 0.242 e. The van der Waals surface area contributed by atoms with Crippen molar-refractivity contribution < 1.29 is 17.9 Å². The van der Waals surface area contributed by atoms with E-state index in [1.54, 1.807) is 13.2 Å². The molecule has 1 N–H and O–H groups in total. The third-order valence-corrected chi connectivity index (χ3v) is 6.52. The van der Waals surface area contributed by atoms with Crippen LogP contribution in [0, 0.1) is 13.8 Å². The van der Waals surface area contributed by atoms with E-state index in [0.29, 0.717) is 22.8 Å². The molecular formula is C16H19NO4S2. The molecule has 1 aromatic heterocycles. The van der Waals surface area contributed by atoms with Gasteiger partial charge in [-0.25, -0.2) is 13.1 Å². The summed E-state index contributed by atoms with van der Waals surface area (Å²) >= 11 is 1.48. The first-order valence-corrected chi connectivity index (χ1v) is 9.58. The van der Waals surface area contributed by atoms with Gasteiger partial charge in [0.15, 0.2) is 11.5 Å². The van der Waals surface area contributed by atoms with Gasteiger partial charge in [0.1, 0.15) is 6.61 Å². The predicted molar refractivity (Wildman–Crippen MR) is 90.1 cm³/mol. The number of hydrogen-bond acceptors (Lipinski definition) is 5. The van der Waals surface area contributed by atoms with E-state index >= 15 is 0 Å². The van der Waals surface area contributed by atoms with Crippen LogP contribution >= 0.6 is 11.3 Å². The molecule has 124 valence electrons. The van der Waals surface area contributed by atoms with Gasteiger partial charge in [-0.3, -0.25) is 0 Å². The molecule has 1 aliphatic heterocycles. The summed E-state index contributed by atoms with van der Waals surface area (Å²) in [6.07, 6.45) is 0.577. The number of aryl methyl sites for hydroxylation is 2. The second-order valence-electron chi connectivity index (χ2n) is 5.56. The van der Waals surface area contributed by atoms with Crippen molar-refractivity contribution >= 4 is 21.4 Å². The van der Waals surface area contributed by atoms with Crippen LogP contribution in [0.4, 0.5) is 0 Å². The Kier molecular flexibility index (Phi) is 4.35. The molecule has 5 nitrogen and oxygen atoms in total. The van der Waals surface area contributed by atoms with Crippen molar-refractivity contribution in [2.75, 3.05) is 13.7 Å². The molecule has 0 amide bonds. The third-order valence-electron chi connectivity index (χ3n) is 3.78. The van der Waals surface area contributed by atoms with Crippen molar-refractivity contribution in [2.24, 2.45) is 0 Å². The summed E-state index contributed by atoms with van der Waals surface area (Å²) < 4.78 is 38.9. The van der Waals surface area contributed by atoms with Crippen LogP contribution in [0.5, 0.6) is 11.5 Å². The molecule has 0 saturated heterocycles. The van der Waals surface area contributed by atoms with E-state index in [4.69, 9.17) is 9.47 Å². The summed E-state index contributed by atoms with van der Waals surface area (Å²) in [5, 5.41) is 0. The number of nitrogens with one attached hydrogen (secondary N) is 1. The molecule has 0 radical (unpaired) electrons. The van der Waals surface area contributed by atoms with Gasteiger partial charge in [0.05, 0.1) is 18.0 Å². The third kappa shape index (κ3) is 3.22. The lowest BCUT2D eigenvalue weighted by Crippen LogP contribution is -2.42. The van der Waals surface area contributed by atoms with E-state index in [2.05, 4.69) is 4.72 Å². The van der Waals surface area contributed by atoms with Gasteiger partial charge in [-0.05, 0) is 38.0 Å². The molecule has 23 heavy (non-hydrogen) atoms. The Balaban J connectivity index is 1.81. The Hall–Kier alpha value is -1.57. The molecule has 0 saturated carbocycles. The second-order valence-corrected chi connectivity index (χ2v) is 8.70. The monoisotopic (exact) mass is 353 g/mol. The van der Waals surface area contributed by atoms with E-state index < -0.39 is 10.0 Å². The number of fused-ring (bicyclic) bond motifs is 1. The first kappa shape index (κ1) is 16.3. The molecule has 0 fully saturated rings. The molecule has 0 spiro atoms. The van der Waals surface area contributed by atoms with E-state index in [-0.39, 0.29) is 12.6 Å². The first-order chi connectivity index (χ1) is 10.9. The minimum atomic E-state index is -3.54. The maximum Gasteiger partial charge on any atom is 0.242 e. The van der Waals surface area contributed by atoms with Gasteiger partial charge < -0.3 is 9.47 Å². The maximum atomic E-state index is 12.6. The number of sulfonamides is 1. The second kappa shape index (κ2) is 6.14. The number of rotatable bonds is 4. The molecule has 0 bridgehead atoms. The number of ether oxygens (including phenoxy) is 2. The van der Waals surface area contributed by atoms with Crippen molar-refractivity contribution in [3.8, 4) is 11.5 Å². The van der Waals surface area contributed by atoms with Crippen LogP contribution in [-0.2, 0) is 16.4 Å². The lowest BCUT2D eigenvalue weighted by Gasteiger charge is -2.27. The van der Waals surface area contributed by atoms with Crippen LogP contribution in [0.3, 0.4) is 0 Å². The molecule has 1 aromatic carbocycles. The summed E-state index contributed by atoms with van der Waals surface area (Å²) in [5.41, 5.74) is 0.946. The molecule has 1 atom stereocenters. The van der Waals surface area contributed by atoms with E-state index in [9.17, 15) is 8.42 Å². The van der Waals surface area contributed by atoms with Gasteiger partial charge in [-0.15, -0.1) is 11.3 Å². The van der Waals surface area contributed by atoms with Crippen molar-refractivity contribution in [1.82, 2.24) is 4.72 Å². The lowest BCUT2D eigenvalue weighted by molar-refractivity contribution is 0.240. The largest absolute Gasteiger partial charge is 0.493 e. The standard InChI is InChI=1S/C16H19NO4S2/c1-10-7-15(11(2)22-10)23(18,19)17-13-8-12-5-4-6-14(20-3)16(12)21-9-13/h4-7,13,17H,8-9H2,1-3H3/t13-/m1/s1. The van der Waals surface area contributed by atoms with Crippen LogP contribution in [-0.4, -0.2) is 28.2 Å². The molecule has 0 aliphatic carbocycles. The zero-order chi connectivity index (χ0) is 16.6. The van der Waals surface area contributed by atoms with Gasteiger partial charge in [-0.1, -0.05) is 12.1 Å². The van der Waals surface area contributed by atoms with E-state index in [1.807, 2.05) is 32.0 Å². The highest BCUT2D eigenvalue weighted by molar-refractivity contribution is 7.89.